The summed E-state index contributed by atoms with van der Waals surface area (Å²) in [6.07, 6.45) is 5.73. The molecule has 0 spiro atoms. The molecule has 3 amide bonds. The quantitative estimate of drug-likeness (QED) is 0.659. The Morgan fingerprint density at radius 1 is 1.07 bits per heavy atom. The number of phenolic OH excluding ortho intramolecular Hbond substituents is 1. The molecule has 3 N–H and O–H groups in total. The van der Waals surface area contributed by atoms with E-state index in [0.717, 1.165) is 19.3 Å². The Morgan fingerprint density at radius 2 is 1.62 bits per heavy atom. The zero-order valence-electron chi connectivity index (χ0n) is 16.6. The number of urea groups is 1. The molecule has 0 saturated heterocycles. The van der Waals surface area contributed by atoms with Crippen LogP contribution in [0, 0.1) is 17.8 Å². The highest BCUT2D eigenvalue weighted by molar-refractivity contribution is 5.97. The van der Waals surface area contributed by atoms with Gasteiger partial charge in [0.25, 0.3) is 5.91 Å². The van der Waals surface area contributed by atoms with Gasteiger partial charge >= 0.3 is 12.0 Å². The van der Waals surface area contributed by atoms with E-state index in [-0.39, 0.29) is 17.7 Å². The van der Waals surface area contributed by atoms with Crippen LogP contribution in [0.1, 0.15) is 51.0 Å². The van der Waals surface area contributed by atoms with Crippen LogP contribution >= 0.6 is 0 Å². The number of amides is 3. The summed E-state index contributed by atoms with van der Waals surface area (Å²) in [5.74, 6) is 0.983. The van der Waals surface area contributed by atoms with E-state index in [1.54, 1.807) is 12.1 Å². The van der Waals surface area contributed by atoms with Gasteiger partial charge in [0.1, 0.15) is 5.75 Å². The number of esters is 1. The predicted octanol–water partition coefficient (Wildman–Crippen LogP) is 2.66. The second kappa shape index (κ2) is 7.69. The normalized spacial score (nSPS) is 30.4. The molecule has 1 aromatic rings. The summed E-state index contributed by atoms with van der Waals surface area (Å²) in [6, 6.07) is 5.68. The number of imide groups is 1. The highest BCUT2D eigenvalue weighted by Gasteiger charge is 2.51. The number of aromatic hydroxyl groups is 1. The lowest BCUT2D eigenvalue weighted by atomic mass is 9.53. The van der Waals surface area contributed by atoms with Gasteiger partial charge in [-0.1, -0.05) is 12.1 Å². The minimum Gasteiger partial charge on any atom is -0.508 e. The number of hydrogen-bond donors (Lipinski definition) is 3. The first-order valence-corrected chi connectivity index (χ1v) is 10.4. The molecule has 4 aliphatic rings. The molecule has 0 aromatic heterocycles. The summed E-state index contributed by atoms with van der Waals surface area (Å²) in [5, 5.41) is 14.7. The number of rotatable bonds is 5. The van der Waals surface area contributed by atoms with E-state index in [1.165, 1.54) is 38.3 Å². The first-order valence-electron chi connectivity index (χ1n) is 10.4. The van der Waals surface area contributed by atoms with Crippen molar-refractivity contribution >= 4 is 17.9 Å². The zero-order valence-corrected chi connectivity index (χ0v) is 16.6. The fourth-order valence-corrected chi connectivity index (χ4v) is 5.82. The van der Waals surface area contributed by atoms with E-state index < -0.39 is 24.0 Å². The monoisotopic (exact) mass is 400 g/mol. The standard InChI is InChI=1S/C22H28N2O5/c1-13(29-19(26)9-14-2-4-18(25)5-3-14)20(27)23-21(28)24-22-10-15-6-16(11-22)8-17(7-15)12-22/h2-5,13,15-17,25H,6-12H2,1H3,(H2,23,24,27,28)/t13-,15?,16?,17?,22?/m0/s1. The minimum absolute atomic E-state index is 0.0165. The molecule has 4 aliphatic carbocycles. The van der Waals surface area contributed by atoms with Crippen molar-refractivity contribution in [2.24, 2.45) is 17.8 Å². The van der Waals surface area contributed by atoms with E-state index in [4.69, 9.17) is 4.74 Å². The highest BCUT2D eigenvalue weighted by Crippen LogP contribution is 2.55. The van der Waals surface area contributed by atoms with Gasteiger partial charge in [-0.05, 0) is 80.9 Å². The lowest BCUT2D eigenvalue weighted by Gasteiger charge is -2.56. The molecule has 5 rings (SSSR count). The molecule has 1 atom stereocenters. The van der Waals surface area contributed by atoms with E-state index >= 15 is 0 Å². The van der Waals surface area contributed by atoms with Crippen molar-refractivity contribution in [3.8, 4) is 5.75 Å². The smallest absolute Gasteiger partial charge is 0.321 e. The largest absolute Gasteiger partial charge is 0.508 e. The van der Waals surface area contributed by atoms with Crippen LogP contribution in [-0.2, 0) is 20.7 Å². The summed E-state index contributed by atoms with van der Waals surface area (Å²) in [5.41, 5.74) is 0.484. The lowest BCUT2D eigenvalue weighted by Crippen LogP contribution is -2.62. The number of carbonyl (C=O) groups excluding carboxylic acids is 3. The summed E-state index contributed by atoms with van der Waals surface area (Å²) >= 11 is 0. The average Bonchev–Trinajstić information content (AvgIpc) is 2.61. The number of benzene rings is 1. The molecule has 29 heavy (non-hydrogen) atoms. The van der Waals surface area contributed by atoms with Gasteiger partial charge in [0, 0.05) is 5.54 Å². The molecule has 4 saturated carbocycles. The SMILES string of the molecule is C[C@H](OC(=O)Cc1ccc(O)cc1)C(=O)NC(=O)NC12CC3CC(CC(C3)C1)C2. The van der Waals surface area contributed by atoms with Crippen LogP contribution in [0.2, 0.25) is 0 Å². The fraction of sp³-hybridized carbons (Fsp3) is 0.591. The second-order valence-corrected chi connectivity index (χ2v) is 9.12. The van der Waals surface area contributed by atoms with Crippen molar-refractivity contribution in [3.05, 3.63) is 29.8 Å². The number of phenols is 1. The Labute approximate surface area is 170 Å². The van der Waals surface area contributed by atoms with Crippen LogP contribution in [0.4, 0.5) is 4.79 Å². The second-order valence-electron chi connectivity index (χ2n) is 9.12. The van der Waals surface area contributed by atoms with Crippen LogP contribution < -0.4 is 10.6 Å². The van der Waals surface area contributed by atoms with E-state index in [2.05, 4.69) is 10.6 Å². The van der Waals surface area contributed by atoms with Gasteiger partial charge in [0.2, 0.25) is 0 Å². The zero-order chi connectivity index (χ0) is 20.6. The van der Waals surface area contributed by atoms with Gasteiger partial charge in [-0.2, -0.15) is 0 Å². The number of nitrogens with one attached hydrogen (secondary N) is 2. The molecule has 0 radical (unpaired) electrons. The summed E-state index contributed by atoms with van der Waals surface area (Å²) in [4.78, 5) is 36.8. The number of hydrogen-bond acceptors (Lipinski definition) is 5. The van der Waals surface area contributed by atoms with Crippen molar-refractivity contribution in [1.82, 2.24) is 10.6 Å². The molecular formula is C22H28N2O5. The lowest BCUT2D eigenvalue weighted by molar-refractivity contribution is -0.153. The summed E-state index contributed by atoms with van der Waals surface area (Å²) < 4.78 is 5.15. The Hall–Kier alpha value is -2.57. The number of ether oxygens (including phenoxy) is 1. The van der Waals surface area contributed by atoms with Crippen molar-refractivity contribution in [2.45, 2.75) is 63.5 Å². The van der Waals surface area contributed by atoms with Gasteiger partial charge in [0.15, 0.2) is 6.10 Å². The van der Waals surface area contributed by atoms with Gasteiger partial charge in [-0.25, -0.2) is 4.79 Å². The Morgan fingerprint density at radius 3 is 2.17 bits per heavy atom. The Balaban J connectivity index is 1.25. The fourth-order valence-electron chi connectivity index (χ4n) is 5.82. The average molecular weight is 400 g/mol. The molecule has 0 aliphatic heterocycles. The molecule has 156 valence electrons. The first kappa shape index (κ1) is 19.7. The third-order valence-electron chi connectivity index (χ3n) is 6.62. The van der Waals surface area contributed by atoms with Crippen molar-refractivity contribution in [2.75, 3.05) is 0 Å². The summed E-state index contributed by atoms with van der Waals surface area (Å²) in [7, 11) is 0. The van der Waals surface area contributed by atoms with Gasteiger partial charge in [-0.3, -0.25) is 14.9 Å². The van der Waals surface area contributed by atoms with Crippen molar-refractivity contribution < 1.29 is 24.2 Å². The predicted molar refractivity (Wildman–Crippen MR) is 105 cm³/mol. The molecule has 7 heteroatoms. The van der Waals surface area contributed by atoms with E-state index in [0.29, 0.717) is 23.3 Å². The molecule has 0 unspecified atom stereocenters. The van der Waals surface area contributed by atoms with Crippen LogP contribution in [0.3, 0.4) is 0 Å². The van der Waals surface area contributed by atoms with Crippen LogP contribution in [0.5, 0.6) is 5.75 Å². The van der Waals surface area contributed by atoms with Crippen LogP contribution in [0.25, 0.3) is 0 Å². The summed E-state index contributed by atoms with van der Waals surface area (Å²) in [6.45, 7) is 1.45. The van der Waals surface area contributed by atoms with Crippen molar-refractivity contribution in [1.29, 1.82) is 0 Å². The van der Waals surface area contributed by atoms with Crippen LogP contribution in [0.15, 0.2) is 24.3 Å². The maximum atomic E-state index is 12.4. The highest BCUT2D eigenvalue weighted by atomic mass is 16.5. The third-order valence-corrected chi connectivity index (χ3v) is 6.62. The van der Waals surface area contributed by atoms with Crippen molar-refractivity contribution in [3.63, 3.8) is 0 Å². The molecule has 7 nitrogen and oxygen atoms in total. The molecule has 4 fully saturated rings. The van der Waals surface area contributed by atoms with Crippen LogP contribution in [-0.4, -0.2) is 34.7 Å². The molecular weight excluding hydrogens is 372 g/mol. The Bertz CT molecular complexity index is 769. The molecule has 1 aromatic carbocycles. The maximum Gasteiger partial charge on any atom is 0.321 e. The van der Waals surface area contributed by atoms with E-state index in [1.807, 2.05) is 0 Å². The van der Waals surface area contributed by atoms with E-state index in [9.17, 15) is 19.5 Å². The number of carbonyl (C=O) groups is 3. The Kier molecular flexibility index (Phi) is 5.23. The third kappa shape index (κ3) is 4.54. The first-order chi connectivity index (χ1) is 13.8. The minimum atomic E-state index is -1.07. The van der Waals surface area contributed by atoms with Gasteiger partial charge in [0.05, 0.1) is 6.42 Å². The molecule has 4 bridgehead atoms. The maximum absolute atomic E-state index is 12.4. The topological polar surface area (TPSA) is 105 Å². The molecule has 0 heterocycles. The van der Waals surface area contributed by atoms with Gasteiger partial charge < -0.3 is 15.2 Å². The van der Waals surface area contributed by atoms with Gasteiger partial charge in [-0.15, -0.1) is 0 Å².